The van der Waals surface area contributed by atoms with Crippen molar-refractivity contribution in [3.63, 3.8) is 0 Å². The van der Waals surface area contributed by atoms with Crippen molar-refractivity contribution in [2.75, 3.05) is 20.1 Å². The molecule has 1 N–H and O–H groups in total. The molecule has 1 aromatic heterocycles. The van der Waals surface area contributed by atoms with Gasteiger partial charge in [-0.2, -0.15) is 0 Å². The van der Waals surface area contributed by atoms with Crippen molar-refractivity contribution in [1.82, 2.24) is 15.2 Å². The first kappa shape index (κ1) is 19.6. The molecule has 2 heterocycles. The molecule has 4 nitrogen and oxygen atoms in total. The molecule has 7 heteroatoms. The Kier molecular flexibility index (Phi) is 9.38. The Balaban J connectivity index is 0.00000180. The van der Waals surface area contributed by atoms with E-state index in [2.05, 4.69) is 15.7 Å². The summed E-state index contributed by atoms with van der Waals surface area (Å²) in [5, 5.41) is 6.48. The quantitative estimate of drug-likeness (QED) is 0.896. The van der Waals surface area contributed by atoms with E-state index in [1.54, 1.807) is 11.3 Å². The second-order valence-electron chi connectivity index (χ2n) is 4.86. The maximum Gasteiger partial charge on any atom is 0.222 e. The van der Waals surface area contributed by atoms with Gasteiger partial charge >= 0.3 is 0 Å². The predicted molar refractivity (Wildman–Crippen MR) is 88.3 cm³/mol. The Hall–Kier alpha value is -0.360. The summed E-state index contributed by atoms with van der Waals surface area (Å²) >= 11 is 1.68. The molecular weight excluding hydrogens is 317 g/mol. The lowest BCUT2D eigenvalue weighted by Crippen LogP contribution is -2.38. The number of rotatable bonds is 5. The average Bonchev–Trinajstić information content (AvgIpc) is 2.99. The number of halogens is 2. The molecule has 1 saturated heterocycles. The summed E-state index contributed by atoms with van der Waals surface area (Å²) in [7, 11) is 1.92. The highest BCUT2D eigenvalue weighted by Gasteiger charge is 2.22. The second kappa shape index (κ2) is 9.55. The van der Waals surface area contributed by atoms with Gasteiger partial charge in [-0.25, -0.2) is 4.98 Å². The van der Waals surface area contributed by atoms with Gasteiger partial charge in [0, 0.05) is 31.4 Å². The van der Waals surface area contributed by atoms with Gasteiger partial charge in [-0.1, -0.05) is 0 Å². The van der Waals surface area contributed by atoms with Crippen LogP contribution in [0.25, 0.3) is 0 Å². The van der Waals surface area contributed by atoms with Crippen molar-refractivity contribution in [1.29, 1.82) is 0 Å². The van der Waals surface area contributed by atoms with Crippen molar-refractivity contribution >= 4 is 42.1 Å². The fourth-order valence-electron chi connectivity index (χ4n) is 2.29. The number of nitrogens with one attached hydrogen (secondary N) is 1. The van der Waals surface area contributed by atoms with Gasteiger partial charge < -0.3 is 10.2 Å². The highest BCUT2D eigenvalue weighted by atomic mass is 35.5. The molecule has 0 aromatic carbocycles. The topological polar surface area (TPSA) is 45.2 Å². The van der Waals surface area contributed by atoms with E-state index >= 15 is 0 Å². The number of aryl methyl sites for hydroxylation is 2. The molecule has 0 aliphatic carbocycles. The first-order valence-electron chi connectivity index (χ1n) is 6.54. The summed E-state index contributed by atoms with van der Waals surface area (Å²) in [4.78, 5) is 18.3. The zero-order chi connectivity index (χ0) is 13.0. The van der Waals surface area contributed by atoms with Crippen LogP contribution in [0.15, 0.2) is 5.38 Å². The normalized spacial score (nSPS) is 17.2. The smallest absolute Gasteiger partial charge is 0.222 e. The number of hydrogen-bond donors (Lipinski definition) is 1. The standard InChI is InChI=1S/C13H21N3OS.2ClH/c1-10-15-11(9-18-10)4-3-5-13(17)16(2)12-6-7-14-8-12;;/h9,12,14H,3-8H2,1-2H3;2*1H. The molecule has 1 aliphatic rings. The number of carbonyl (C=O) groups is 1. The van der Waals surface area contributed by atoms with Crippen LogP contribution in [0.4, 0.5) is 0 Å². The van der Waals surface area contributed by atoms with Crippen LogP contribution in [0.1, 0.15) is 30.0 Å². The molecule has 0 saturated carbocycles. The zero-order valence-corrected chi connectivity index (χ0v) is 14.4. The van der Waals surface area contributed by atoms with Gasteiger partial charge in [-0.15, -0.1) is 36.2 Å². The van der Waals surface area contributed by atoms with Crippen LogP contribution in [0.2, 0.25) is 0 Å². The highest BCUT2D eigenvalue weighted by molar-refractivity contribution is 7.09. The number of carbonyl (C=O) groups excluding carboxylic acids is 1. The van der Waals surface area contributed by atoms with Crippen molar-refractivity contribution in [2.45, 2.75) is 38.6 Å². The van der Waals surface area contributed by atoms with Gasteiger partial charge in [0.15, 0.2) is 0 Å². The van der Waals surface area contributed by atoms with E-state index in [4.69, 9.17) is 0 Å². The number of hydrogen-bond acceptors (Lipinski definition) is 4. The Morgan fingerprint density at radius 2 is 2.30 bits per heavy atom. The largest absolute Gasteiger partial charge is 0.341 e. The van der Waals surface area contributed by atoms with Crippen molar-refractivity contribution in [3.05, 3.63) is 16.1 Å². The molecule has 1 amide bonds. The van der Waals surface area contributed by atoms with Gasteiger partial charge in [-0.05, 0) is 32.7 Å². The first-order valence-corrected chi connectivity index (χ1v) is 7.42. The van der Waals surface area contributed by atoms with Crippen molar-refractivity contribution in [2.24, 2.45) is 0 Å². The van der Waals surface area contributed by atoms with Gasteiger partial charge in [-0.3, -0.25) is 4.79 Å². The Bertz CT molecular complexity index is 408. The Morgan fingerprint density at radius 3 is 2.85 bits per heavy atom. The van der Waals surface area contributed by atoms with Crippen LogP contribution in [0.5, 0.6) is 0 Å². The lowest BCUT2D eigenvalue weighted by Gasteiger charge is -2.23. The maximum atomic E-state index is 12.0. The molecule has 1 fully saturated rings. The second-order valence-corrected chi connectivity index (χ2v) is 5.92. The van der Waals surface area contributed by atoms with E-state index in [1.165, 1.54) is 0 Å². The van der Waals surface area contributed by atoms with Crippen LogP contribution < -0.4 is 5.32 Å². The highest BCUT2D eigenvalue weighted by Crippen LogP contribution is 2.12. The predicted octanol–water partition coefficient (Wildman–Crippen LogP) is 2.44. The van der Waals surface area contributed by atoms with Gasteiger partial charge in [0.2, 0.25) is 5.91 Å². The van der Waals surface area contributed by atoms with Gasteiger partial charge in [0.1, 0.15) is 0 Å². The summed E-state index contributed by atoms with van der Waals surface area (Å²) in [6.07, 6.45) is 3.51. The van der Waals surface area contributed by atoms with Crippen LogP contribution in [0.3, 0.4) is 0 Å². The van der Waals surface area contributed by atoms with Gasteiger partial charge in [0.25, 0.3) is 0 Å². The summed E-state index contributed by atoms with van der Waals surface area (Å²) in [6.45, 7) is 3.98. The van der Waals surface area contributed by atoms with Crippen LogP contribution in [-0.2, 0) is 11.2 Å². The van der Waals surface area contributed by atoms with Gasteiger partial charge in [0.05, 0.1) is 10.7 Å². The first-order chi connectivity index (χ1) is 8.66. The van der Waals surface area contributed by atoms with Crippen LogP contribution in [-0.4, -0.2) is 42.0 Å². The van der Waals surface area contributed by atoms with E-state index in [-0.39, 0.29) is 30.7 Å². The molecule has 116 valence electrons. The van der Waals surface area contributed by atoms with E-state index in [1.807, 2.05) is 18.9 Å². The Labute approximate surface area is 137 Å². The fourth-order valence-corrected chi connectivity index (χ4v) is 2.94. The number of thiazole rings is 1. The van der Waals surface area contributed by atoms with Crippen LogP contribution >= 0.6 is 36.2 Å². The Morgan fingerprint density at radius 1 is 1.55 bits per heavy atom. The summed E-state index contributed by atoms with van der Waals surface area (Å²) < 4.78 is 0. The third-order valence-corrected chi connectivity index (χ3v) is 4.29. The molecule has 0 spiro atoms. The summed E-state index contributed by atoms with van der Waals surface area (Å²) in [6, 6.07) is 0.388. The van der Waals surface area contributed by atoms with Crippen LogP contribution in [0, 0.1) is 6.92 Å². The summed E-state index contributed by atoms with van der Waals surface area (Å²) in [5.74, 6) is 0.260. The molecule has 1 unspecified atom stereocenters. The van der Waals surface area contributed by atoms with Crippen molar-refractivity contribution < 1.29 is 4.79 Å². The molecular formula is C13H23Cl2N3OS. The number of nitrogens with zero attached hydrogens (tertiary/aromatic N) is 2. The summed E-state index contributed by atoms with van der Waals surface area (Å²) in [5.41, 5.74) is 1.12. The monoisotopic (exact) mass is 339 g/mol. The third kappa shape index (κ3) is 5.56. The number of amides is 1. The average molecular weight is 340 g/mol. The minimum atomic E-state index is 0. The molecule has 1 aromatic rings. The van der Waals surface area contributed by atoms with E-state index in [9.17, 15) is 4.79 Å². The molecule has 1 atom stereocenters. The lowest BCUT2D eigenvalue weighted by molar-refractivity contribution is -0.131. The third-order valence-electron chi connectivity index (χ3n) is 3.47. The SMILES string of the molecule is Cc1nc(CCCC(=O)N(C)C2CCNC2)cs1.Cl.Cl. The fraction of sp³-hybridized carbons (Fsp3) is 0.692. The maximum absolute atomic E-state index is 12.0. The van der Waals surface area contributed by atoms with E-state index in [0.29, 0.717) is 12.5 Å². The molecule has 0 bridgehead atoms. The molecule has 20 heavy (non-hydrogen) atoms. The number of likely N-dealkylation sites (N-methyl/N-ethyl adjacent to an activating group) is 1. The zero-order valence-electron chi connectivity index (χ0n) is 11.9. The van der Waals surface area contributed by atoms with E-state index in [0.717, 1.165) is 43.1 Å². The lowest BCUT2D eigenvalue weighted by atomic mass is 10.1. The van der Waals surface area contributed by atoms with E-state index < -0.39 is 0 Å². The molecule has 1 aliphatic heterocycles. The molecule has 0 radical (unpaired) electrons. The molecule has 2 rings (SSSR count). The van der Waals surface area contributed by atoms with Crippen molar-refractivity contribution in [3.8, 4) is 0 Å². The minimum Gasteiger partial charge on any atom is -0.341 e. The number of aromatic nitrogens is 1. The minimum absolute atomic E-state index is 0.